The number of hydrogen-bond acceptors (Lipinski definition) is 6. The van der Waals surface area contributed by atoms with Gasteiger partial charge in [0.1, 0.15) is 13.2 Å². The zero-order chi connectivity index (χ0) is 45.1. The van der Waals surface area contributed by atoms with Crippen molar-refractivity contribution in [2.24, 2.45) is 0 Å². The molecule has 0 amide bonds. The third kappa shape index (κ3) is 48.7. The molecule has 62 heavy (non-hydrogen) atoms. The predicted molar refractivity (Wildman–Crippen MR) is 266 cm³/mol. The monoisotopic (exact) mass is 871 g/mol. The van der Waals surface area contributed by atoms with Gasteiger partial charge in [-0.3, -0.25) is 14.4 Å². The molecule has 0 saturated heterocycles. The van der Waals surface area contributed by atoms with Gasteiger partial charge in [0.15, 0.2) is 6.10 Å². The Labute approximate surface area is 385 Å². The molecule has 0 aliphatic heterocycles. The van der Waals surface area contributed by atoms with Crippen LogP contribution in [0.2, 0.25) is 0 Å². The Balaban J connectivity index is 4.13. The van der Waals surface area contributed by atoms with Crippen LogP contribution in [0.25, 0.3) is 0 Å². The van der Waals surface area contributed by atoms with Crippen LogP contribution in [0.4, 0.5) is 0 Å². The molecule has 6 nitrogen and oxygen atoms in total. The van der Waals surface area contributed by atoms with Crippen LogP contribution in [-0.2, 0) is 28.6 Å². The second-order valence-electron chi connectivity index (χ2n) is 18.1. The van der Waals surface area contributed by atoms with E-state index < -0.39 is 6.10 Å². The lowest BCUT2D eigenvalue weighted by atomic mass is 10.0. The van der Waals surface area contributed by atoms with Gasteiger partial charge in [0.2, 0.25) is 0 Å². The molecule has 0 aromatic heterocycles. The number of carbonyl (C=O) groups is 3. The summed E-state index contributed by atoms with van der Waals surface area (Å²) in [4.78, 5) is 37.8. The lowest BCUT2D eigenvalue weighted by molar-refractivity contribution is -0.167. The van der Waals surface area contributed by atoms with Crippen molar-refractivity contribution < 1.29 is 28.6 Å². The van der Waals surface area contributed by atoms with E-state index in [9.17, 15) is 14.4 Å². The molecular formula is C56H102O6. The van der Waals surface area contributed by atoms with Gasteiger partial charge in [-0.2, -0.15) is 0 Å². The summed E-state index contributed by atoms with van der Waals surface area (Å²) < 4.78 is 16.7. The van der Waals surface area contributed by atoms with E-state index >= 15 is 0 Å². The molecule has 362 valence electrons. The number of rotatable bonds is 49. The van der Waals surface area contributed by atoms with Gasteiger partial charge in [-0.05, 0) is 77.0 Å². The Bertz CT molecular complexity index is 1050. The minimum Gasteiger partial charge on any atom is -0.462 e. The predicted octanol–water partition coefficient (Wildman–Crippen LogP) is 17.7. The first-order valence-corrected chi connectivity index (χ1v) is 27.0. The highest BCUT2D eigenvalue weighted by molar-refractivity contribution is 5.71. The van der Waals surface area contributed by atoms with Crippen LogP contribution in [0.3, 0.4) is 0 Å². The highest BCUT2D eigenvalue weighted by Gasteiger charge is 2.19. The van der Waals surface area contributed by atoms with Crippen LogP contribution in [0.1, 0.15) is 284 Å². The molecule has 0 aromatic rings. The Kier molecular flexibility index (Phi) is 49.3. The maximum Gasteiger partial charge on any atom is 0.306 e. The minimum atomic E-state index is -0.774. The molecule has 1 unspecified atom stereocenters. The van der Waals surface area contributed by atoms with Crippen molar-refractivity contribution in [2.45, 2.75) is 290 Å². The van der Waals surface area contributed by atoms with Crippen molar-refractivity contribution in [1.29, 1.82) is 0 Å². The zero-order valence-electron chi connectivity index (χ0n) is 41.4. The average Bonchev–Trinajstić information content (AvgIpc) is 3.27. The SMILES string of the molecule is CCCCC/C=C\C/C=C\CCCCCCCC(=O)OC(COC(=O)CCCCCCCC)COC(=O)CCCCCCCCCCCCC/C=C\CCCCCCCCCC. The van der Waals surface area contributed by atoms with Gasteiger partial charge in [0, 0.05) is 19.3 Å². The molecule has 6 heteroatoms. The third-order valence-corrected chi connectivity index (χ3v) is 11.9. The summed E-state index contributed by atoms with van der Waals surface area (Å²) in [6, 6.07) is 0. The van der Waals surface area contributed by atoms with Gasteiger partial charge >= 0.3 is 17.9 Å². The molecule has 0 aromatic carbocycles. The van der Waals surface area contributed by atoms with Crippen molar-refractivity contribution in [3.05, 3.63) is 36.5 Å². The molecule has 0 radical (unpaired) electrons. The van der Waals surface area contributed by atoms with Crippen molar-refractivity contribution >= 4 is 17.9 Å². The van der Waals surface area contributed by atoms with Crippen molar-refractivity contribution in [3.63, 3.8) is 0 Å². The molecule has 0 saturated carbocycles. The van der Waals surface area contributed by atoms with E-state index in [0.29, 0.717) is 19.3 Å². The van der Waals surface area contributed by atoms with Crippen LogP contribution in [-0.4, -0.2) is 37.2 Å². The summed E-state index contributed by atoms with van der Waals surface area (Å²) in [6.45, 7) is 6.56. The lowest BCUT2D eigenvalue weighted by Crippen LogP contribution is -2.30. The zero-order valence-corrected chi connectivity index (χ0v) is 41.4. The van der Waals surface area contributed by atoms with Gasteiger partial charge in [0.05, 0.1) is 0 Å². The maximum atomic E-state index is 12.7. The molecule has 0 rings (SSSR count). The molecule has 0 aliphatic carbocycles. The van der Waals surface area contributed by atoms with Crippen LogP contribution < -0.4 is 0 Å². The van der Waals surface area contributed by atoms with E-state index in [4.69, 9.17) is 14.2 Å². The van der Waals surface area contributed by atoms with Crippen LogP contribution in [0, 0.1) is 0 Å². The van der Waals surface area contributed by atoms with E-state index in [0.717, 1.165) is 83.5 Å². The first kappa shape index (κ1) is 59.6. The molecule has 0 spiro atoms. The lowest BCUT2D eigenvalue weighted by Gasteiger charge is -2.18. The second kappa shape index (κ2) is 51.3. The van der Waals surface area contributed by atoms with Gasteiger partial charge < -0.3 is 14.2 Å². The molecule has 0 heterocycles. The van der Waals surface area contributed by atoms with Crippen molar-refractivity contribution in [3.8, 4) is 0 Å². The fourth-order valence-electron chi connectivity index (χ4n) is 7.76. The average molecular weight is 871 g/mol. The Morgan fingerprint density at radius 1 is 0.323 bits per heavy atom. The number of ether oxygens (including phenoxy) is 3. The topological polar surface area (TPSA) is 78.9 Å². The van der Waals surface area contributed by atoms with Crippen LogP contribution in [0.5, 0.6) is 0 Å². The molecule has 1 atom stereocenters. The molecule has 0 aliphatic rings. The van der Waals surface area contributed by atoms with Crippen LogP contribution in [0.15, 0.2) is 36.5 Å². The normalized spacial score (nSPS) is 12.2. The van der Waals surface area contributed by atoms with E-state index in [-0.39, 0.29) is 31.1 Å². The minimum absolute atomic E-state index is 0.0763. The van der Waals surface area contributed by atoms with Crippen molar-refractivity contribution in [1.82, 2.24) is 0 Å². The third-order valence-electron chi connectivity index (χ3n) is 11.9. The maximum absolute atomic E-state index is 12.7. The number of esters is 3. The number of allylic oxidation sites excluding steroid dienone is 6. The van der Waals surface area contributed by atoms with Crippen molar-refractivity contribution in [2.75, 3.05) is 13.2 Å². The molecule has 0 N–H and O–H groups in total. The molecule has 0 fully saturated rings. The smallest absolute Gasteiger partial charge is 0.306 e. The number of carbonyl (C=O) groups excluding carboxylic acids is 3. The fourth-order valence-corrected chi connectivity index (χ4v) is 7.76. The van der Waals surface area contributed by atoms with Gasteiger partial charge in [0.25, 0.3) is 0 Å². The summed E-state index contributed by atoms with van der Waals surface area (Å²) in [7, 11) is 0. The van der Waals surface area contributed by atoms with E-state index in [1.807, 2.05) is 0 Å². The fraction of sp³-hybridized carbons (Fsp3) is 0.839. The highest BCUT2D eigenvalue weighted by atomic mass is 16.6. The standard InChI is InChI=1S/C56H102O6/c1-4-7-10-13-16-18-20-22-24-25-26-27-28-29-30-31-33-34-36-38-40-43-46-49-55(58)61-52-53(51-60-54(57)48-45-42-15-12-9-6-3)62-56(59)50-47-44-41-39-37-35-32-23-21-19-17-14-11-8-5-2/h17,19,23,25-26,32,53H,4-16,18,20-22,24,27-31,33-52H2,1-3H3/b19-17-,26-25-,32-23-. The van der Waals surface area contributed by atoms with E-state index in [1.165, 1.54) is 161 Å². The summed E-state index contributed by atoms with van der Waals surface area (Å²) in [6.07, 6.45) is 60.2. The second-order valence-corrected chi connectivity index (χ2v) is 18.1. The number of hydrogen-bond donors (Lipinski definition) is 0. The Hall–Kier alpha value is -2.37. The molecule has 0 bridgehead atoms. The first-order chi connectivity index (χ1) is 30.5. The van der Waals surface area contributed by atoms with Crippen LogP contribution >= 0.6 is 0 Å². The Morgan fingerprint density at radius 2 is 0.581 bits per heavy atom. The van der Waals surface area contributed by atoms with E-state index in [2.05, 4.69) is 57.2 Å². The summed E-state index contributed by atoms with van der Waals surface area (Å²) in [5.41, 5.74) is 0. The first-order valence-electron chi connectivity index (χ1n) is 27.0. The molecular weight excluding hydrogens is 769 g/mol. The van der Waals surface area contributed by atoms with Gasteiger partial charge in [-0.15, -0.1) is 0 Å². The largest absolute Gasteiger partial charge is 0.462 e. The van der Waals surface area contributed by atoms with Gasteiger partial charge in [-0.25, -0.2) is 0 Å². The quantitative estimate of drug-likeness (QED) is 0.0262. The van der Waals surface area contributed by atoms with Gasteiger partial charge in [-0.1, -0.05) is 224 Å². The number of unbranched alkanes of at least 4 members (excludes halogenated alkanes) is 32. The Morgan fingerprint density at radius 3 is 0.935 bits per heavy atom. The summed E-state index contributed by atoms with van der Waals surface area (Å²) in [5.74, 6) is -0.891. The summed E-state index contributed by atoms with van der Waals surface area (Å²) in [5, 5.41) is 0. The van der Waals surface area contributed by atoms with E-state index in [1.54, 1.807) is 0 Å². The summed E-state index contributed by atoms with van der Waals surface area (Å²) >= 11 is 0. The highest BCUT2D eigenvalue weighted by Crippen LogP contribution is 2.15.